The smallest absolute Gasteiger partial charge is 0.420 e. The quantitative estimate of drug-likeness (QED) is 0.883. The number of halogens is 4. The highest BCUT2D eigenvalue weighted by atomic mass is 79.9. The summed E-state index contributed by atoms with van der Waals surface area (Å²) in [6, 6.07) is 3.94. The van der Waals surface area contributed by atoms with Crippen molar-refractivity contribution in [2.45, 2.75) is 6.18 Å². The molecule has 0 amide bonds. The van der Waals surface area contributed by atoms with E-state index >= 15 is 0 Å². The van der Waals surface area contributed by atoms with Crippen molar-refractivity contribution < 1.29 is 17.9 Å². The Kier molecular flexibility index (Phi) is 3.44. The van der Waals surface area contributed by atoms with Gasteiger partial charge in [-0.15, -0.1) is 0 Å². The fraction of sp³-hybridized carbons (Fsp3) is 0.182. The number of benzene rings is 1. The van der Waals surface area contributed by atoms with E-state index in [1.165, 1.54) is 19.2 Å². The number of nitrogens with two attached hydrogens (primary N) is 1. The molecule has 4 nitrogen and oxygen atoms in total. The van der Waals surface area contributed by atoms with Crippen LogP contribution in [0.4, 0.5) is 19.0 Å². The zero-order chi connectivity index (χ0) is 14.2. The van der Waals surface area contributed by atoms with Crippen LogP contribution in [0.2, 0.25) is 0 Å². The highest BCUT2D eigenvalue weighted by Gasteiger charge is 2.36. The molecule has 1 aromatic heterocycles. The average Bonchev–Trinajstić information content (AvgIpc) is 2.73. The molecule has 0 aliphatic rings. The van der Waals surface area contributed by atoms with Crippen molar-refractivity contribution in [2.24, 2.45) is 0 Å². The van der Waals surface area contributed by atoms with Crippen LogP contribution < -0.4 is 10.5 Å². The molecular weight excluding hydrogens is 327 g/mol. The number of rotatable bonds is 2. The molecular formula is C11H9BrF3N3O. The van der Waals surface area contributed by atoms with Gasteiger partial charge in [0.1, 0.15) is 11.6 Å². The van der Waals surface area contributed by atoms with E-state index in [4.69, 9.17) is 10.5 Å². The van der Waals surface area contributed by atoms with Gasteiger partial charge in [-0.1, -0.05) is 0 Å². The number of methoxy groups -OCH3 is 1. The Balaban J connectivity index is 2.63. The summed E-state index contributed by atoms with van der Waals surface area (Å²) >= 11 is 3.06. The first-order valence-electron chi connectivity index (χ1n) is 5.09. The van der Waals surface area contributed by atoms with Crippen molar-refractivity contribution in [1.29, 1.82) is 0 Å². The second-order valence-electron chi connectivity index (χ2n) is 3.74. The third kappa shape index (κ3) is 2.67. The molecule has 8 heteroatoms. The standard InChI is InChI=1S/C11H9BrF3N3O/c1-19-10-6(11(13,14)15)2-5(3-7(10)12)8-4-9(16)18-17-8/h2-4H,1H3,(H3,16,17,18). The van der Waals surface area contributed by atoms with Crippen LogP contribution in [-0.4, -0.2) is 17.3 Å². The lowest BCUT2D eigenvalue weighted by molar-refractivity contribution is -0.138. The third-order valence-electron chi connectivity index (χ3n) is 2.46. The molecule has 2 aromatic rings. The molecule has 1 aromatic carbocycles. The van der Waals surface area contributed by atoms with Gasteiger partial charge in [-0.3, -0.25) is 5.10 Å². The van der Waals surface area contributed by atoms with Gasteiger partial charge in [0.2, 0.25) is 0 Å². The van der Waals surface area contributed by atoms with Gasteiger partial charge in [0, 0.05) is 11.6 Å². The van der Waals surface area contributed by atoms with Crippen molar-refractivity contribution in [3.8, 4) is 17.0 Å². The first-order chi connectivity index (χ1) is 8.82. The van der Waals surface area contributed by atoms with E-state index in [2.05, 4.69) is 26.1 Å². The zero-order valence-electron chi connectivity index (χ0n) is 9.68. The molecule has 0 aliphatic carbocycles. The SMILES string of the molecule is COc1c(Br)cc(-c2cc(N)n[nH]2)cc1C(F)(F)F. The van der Waals surface area contributed by atoms with E-state index < -0.39 is 11.7 Å². The van der Waals surface area contributed by atoms with Gasteiger partial charge in [-0.05, 0) is 28.1 Å². The van der Waals surface area contributed by atoms with Gasteiger partial charge in [-0.25, -0.2) is 0 Å². The summed E-state index contributed by atoms with van der Waals surface area (Å²) in [4.78, 5) is 0. The van der Waals surface area contributed by atoms with E-state index in [-0.39, 0.29) is 16.0 Å². The Hall–Kier alpha value is -1.70. The van der Waals surface area contributed by atoms with Crippen molar-refractivity contribution in [3.63, 3.8) is 0 Å². The summed E-state index contributed by atoms with van der Waals surface area (Å²) in [5.74, 6) is -0.0563. The maximum Gasteiger partial charge on any atom is 0.420 e. The number of nitrogen functional groups attached to an aromatic ring is 1. The molecule has 0 unspecified atom stereocenters. The molecule has 0 atom stereocenters. The Labute approximate surface area is 114 Å². The lowest BCUT2D eigenvalue weighted by Crippen LogP contribution is -2.08. The molecule has 0 saturated carbocycles. The average molecular weight is 336 g/mol. The predicted molar refractivity (Wildman–Crippen MR) is 67.7 cm³/mol. The van der Waals surface area contributed by atoms with Crippen LogP contribution in [0.5, 0.6) is 5.75 Å². The Morgan fingerprint density at radius 2 is 2.00 bits per heavy atom. The van der Waals surface area contributed by atoms with Crippen LogP contribution >= 0.6 is 15.9 Å². The largest absolute Gasteiger partial charge is 0.495 e. The van der Waals surface area contributed by atoms with Crippen LogP contribution in [0, 0.1) is 0 Å². The summed E-state index contributed by atoms with van der Waals surface area (Å²) in [7, 11) is 1.18. The van der Waals surface area contributed by atoms with E-state index in [0.717, 1.165) is 6.07 Å². The zero-order valence-corrected chi connectivity index (χ0v) is 11.3. The number of alkyl halides is 3. The second kappa shape index (κ2) is 4.76. The lowest BCUT2D eigenvalue weighted by atomic mass is 10.1. The first-order valence-corrected chi connectivity index (χ1v) is 5.88. The highest BCUT2D eigenvalue weighted by Crippen LogP contribution is 2.42. The van der Waals surface area contributed by atoms with E-state index in [9.17, 15) is 13.2 Å². The molecule has 2 rings (SSSR count). The van der Waals surface area contributed by atoms with Gasteiger partial charge in [0.15, 0.2) is 0 Å². The fourth-order valence-electron chi connectivity index (χ4n) is 1.65. The molecule has 0 aliphatic heterocycles. The third-order valence-corrected chi connectivity index (χ3v) is 3.05. The fourth-order valence-corrected chi connectivity index (χ4v) is 2.27. The minimum Gasteiger partial charge on any atom is -0.495 e. The van der Waals surface area contributed by atoms with Gasteiger partial charge in [0.25, 0.3) is 0 Å². The van der Waals surface area contributed by atoms with Crippen LogP contribution in [0.15, 0.2) is 22.7 Å². The number of hydrogen-bond acceptors (Lipinski definition) is 3. The second-order valence-corrected chi connectivity index (χ2v) is 4.60. The Bertz CT molecular complexity index is 610. The number of H-pyrrole nitrogens is 1. The topological polar surface area (TPSA) is 63.9 Å². The monoisotopic (exact) mass is 335 g/mol. The molecule has 3 N–H and O–H groups in total. The number of nitrogens with one attached hydrogen (secondary N) is 1. The normalized spacial score (nSPS) is 11.6. The molecule has 0 fully saturated rings. The van der Waals surface area contributed by atoms with Crippen molar-refractivity contribution in [2.75, 3.05) is 12.8 Å². The number of hydrogen-bond donors (Lipinski definition) is 2. The van der Waals surface area contributed by atoms with E-state index in [0.29, 0.717) is 11.3 Å². The van der Waals surface area contributed by atoms with Gasteiger partial charge in [-0.2, -0.15) is 18.3 Å². The maximum atomic E-state index is 13.0. The molecule has 0 saturated heterocycles. The summed E-state index contributed by atoms with van der Waals surface area (Å²) in [6.07, 6.45) is -4.52. The Morgan fingerprint density at radius 1 is 1.32 bits per heavy atom. The summed E-state index contributed by atoms with van der Waals surface area (Å²) < 4.78 is 43.9. The lowest BCUT2D eigenvalue weighted by Gasteiger charge is -2.14. The molecule has 102 valence electrons. The van der Waals surface area contributed by atoms with E-state index in [1.54, 1.807) is 0 Å². The van der Waals surface area contributed by atoms with Crippen LogP contribution in [0.3, 0.4) is 0 Å². The van der Waals surface area contributed by atoms with Crippen LogP contribution in [0.25, 0.3) is 11.3 Å². The van der Waals surface area contributed by atoms with Gasteiger partial charge < -0.3 is 10.5 Å². The van der Waals surface area contributed by atoms with E-state index in [1.807, 2.05) is 0 Å². The van der Waals surface area contributed by atoms with Crippen molar-refractivity contribution in [3.05, 3.63) is 28.2 Å². The number of aromatic amines is 1. The van der Waals surface area contributed by atoms with Crippen molar-refractivity contribution >= 4 is 21.7 Å². The maximum absolute atomic E-state index is 13.0. The van der Waals surface area contributed by atoms with Crippen LogP contribution in [0.1, 0.15) is 5.56 Å². The summed E-state index contributed by atoms with van der Waals surface area (Å²) in [5.41, 5.74) is 5.27. The van der Waals surface area contributed by atoms with Crippen molar-refractivity contribution in [1.82, 2.24) is 10.2 Å². The summed E-state index contributed by atoms with van der Waals surface area (Å²) in [6.45, 7) is 0. The minimum absolute atomic E-state index is 0.202. The predicted octanol–water partition coefficient (Wildman–Crippen LogP) is 3.45. The van der Waals surface area contributed by atoms with Gasteiger partial charge >= 0.3 is 6.18 Å². The number of nitrogens with zero attached hydrogens (tertiary/aromatic N) is 1. The first kappa shape index (κ1) is 13.7. The minimum atomic E-state index is -4.52. The molecule has 0 bridgehead atoms. The number of aromatic nitrogens is 2. The Morgan fingerprint density at radius 3 is 2.47 bits per heavy atom. The summed E-state index contributed by atoms with van der Waals surface area (Å²) in [5, 5.41) is 6.24. The van der Waals surface area contributed by atoms with Gasteiger partial charge in [0.05, 0.1) is 22.8 Å². The molecule has 1 heterocycles. The molecule has 0 spiro atoms. The highest BCUT2D eigenvalue weighted by molar-refractivity contribution is 9.10. The number of ether oxygens (including phenoxy) is 1. The van der Waals surface area contributed by atoms with Crippen LogP contribution in [-0.2, 0) is 6.18 Å². The molecule has 19 heavy (non-hydrogen) atoms. The number of anilines is 1. The molecule has 0 radical (unpaired) electrons.